The molecule has 0 aliphatic carbocycles. The standard InChI is InChI=1S/C15H13BrN2O5/c1-9(14(21)10-2-4-11(16)5-3-10)23-13(20)8-18-7-6-12(19)17-15(18)22/h2-7,9H,8H2,1H3,(H,17,19,22)/t9-/m0/s1. The van der Waals surface area contributed by atoms with Gasteiger partial charge in [0.1, 0.15) is 6.54 Å². The van der Waals surface area contributed by atoms with E-state index in [1.54, 1.807) is 24.3 Å². The maximum atomic E-state index is 12.1. The zero-order chi connectivity index (χ0) is 17.0. The van der Waals surface area contributed by atoms with Crippen molar-refractivity contribution in [1.29, 1.82) is 0 Å². The van der Waals surface area contributed by atoms with Crippen molar-refractivity contribution in [3.63, 3.8) is 0 Å². The van der Waals surface area contributed by atoms with Crippen LogP contribution in [0.5, 0.6) is 0 Å². The molecule has 8 heteroatoms. The number of carbonyl (C=O) groups excluding carboxylic acids is 2. The van der Waals surface area contributed by atoms with Crippen LogP contribution in [0.4, 0.5) is 0 Å². The van der Waals surface area contributed by atoms with Crippen LogP contribution >= 0.6 is 15.9 Å². The van der Waals surface area contributed by atoms with Gasteiger partial charge in [0.2, 0.25) is 5.78 Å². The number of esters is 1. The number of halogens is 1. The summed E-state index contributed by atoms with van der Waals surface area (Å²) in [7, 11) is 0. The summed E-state index contributed by atoms with van der Waals surface area (Å²) in [6.45, 7) is 1.06. The van der Waals surface area contributed by atoms with Crippen molar-refractivity contribution >= 4 is 27.7 Å². The molecule has 7 nitrogen and oxygen atoms in total. The van der Waals surface area contributed by atoms with E-state index in [4.69, 9.17) is 4.74 Å². The van der Waals surface area contributed by atoms with Crippen LogP contribution in [0.1, 0.15) is 17.3 Å². The number of aromatic nitrogens is 2. The van der Waals surface area contributed by atoms with Gasteiger partial charge in [0.15, 0.2) is 6.10 Å². The summed E-state index contributed by atoms with van der Waals surface area (Å²) < 4.78 is 6.85. The number of carbonyl (C=O) groups is 2. The molecule has 2 aromatic rings. The van der Waals surface area contributed by atoms with Gasteiger partial charge < -0.3 is 4.74 Å². The van der Waals surface area contributed by atoms with E-state index >= 15 is 0 Å². The largest absolute Gasteiger partial charge is 0.453 e. The minimum Gasteiger partial charge on any atom is -0.453 e. The first kappa shape index (κ1) is 16.9. The molecule has 1 N–H and O–H groups in total. The van der Waals surface area contributed by atoms with Crippen molar-refractivity contribution in [2.45, 2.75) is 19.6 Å². The number of rotatable bonds is 5. The number of nitrogens with one attached hydrogen (secondary N) is 1. The maximum Gasteiger partial charge on any atom is 0.328 e. The van der Waals surface area contributed by atoms with Gasteiger partial charge in [-0.25, -0.2) is 4.79 Å². The zero-order valence-corrected chi connectivity index (χ0v) is 13.7. The Morgan fingerprint density at radius 1 is 1.22 bits per heavy atom. The smallest absolute Gasteiger partial charge is 0.328 e. The second-order valence-electron chi connectivity index (χ2n) is 4.74. The molecular formula is C15H13BrN2O5. The van der Waals surface area contributed by atoms with Crippen LogP contribution in [0.25, 0.3) is 0 Å². The van der Waals surface area contributed by atoms with Crippen LogP contribution < -0.4 is 11.2 Å². The molecule has 1 aromatic carbocycles. The van der Waals surface area contributed by atoms with Crippen molar-refractivity contribution in [3.05, 3.63) is 67.4 Å². The SMILES string of the molecule is C[C@H](OC(=O)Cn1ccc(=O)[nH]c1=O)C(=O)c1ccc(Br)cc1. The molecule has 0 radical (unpaired) electrons. The highest BCUT2D eigenvalue weighted by Gasteiger charge is 2.19. The van der Waals surface area contributed by atoms with Gasteiger partial charge in [-0.1, -0.05) is 28.1 Å². The highest BCUT2D eigenvalue weighted by molar-refractivity contribution is 9.10. The molecule has 0 saturated heterocycles. The Bertz CT molecular complexity index is 838. The number of Topliss-reactive ketones (excluding diaryl/α,β-unsaturated/α-hetero) is 1. The molecule has 0 spiro atoms. The Morgan fingerprint density at radius 2 is 1.87 bits per heavy atom. The third-order valence-corrected chi connectivity index (χ3v) is 3.53. The molecule has 1 atom stereocenters. The second-order valence-corrected chi connectivity index (χ2v) is 5.66. The van der Waals surface area contributed by atoms with Gasteiger partial charge in [-0.3, -0.25) is 23.9 Å². The maximum absolute atomic E-state index is 12.1. The van der Waals surface area contributed by atoms with Crippen molar-refractivity contribution in [1.82, 2.24) is 9.55 Å². The van der Waals surface area contributed by atoms with Gasteiger partial charge in [0, 0.05) is 22.3 Å². The third-order valence-electron chi connectivity index (χ3n) is 3.00. The van der Waals surface area contributed by atoms with Crippen molar-refractivity contribution in [2.75, 3.05) is 0 Å². The van der Waals surface area contributed by atoms with Gasteiger partial charge in [-0.2, -0.15) is 0 Å². The fraction of sp³-hybridized carbons (Fsp3) is 0.200. The molecule has 0 aliphatic rings. The van der Waals surface area contributed by atoms with Crippen LogP contribution in [0.15, 0.2) is 50.6 Å². The van der Waals surface area contributed by atoms with Crippen LogP contribution in [0, 0.1) is 0 Å². The number of hydrogen-bond acceptors (Lipinski definition) is 5. The number of H-pyrrole nitrogens is 1. The number of nitrogens with zero attached hydrogens (tertiary/aromatic N) is 1. The Balaban J connectivity index is 2.01. The number of ketones is 1. The molecule has 0 unspecified atom stereocenters. The number of ether oxygens (including phenoxy) is 1. The van der Waals surface area contributed by atoms with Crippen molar-refractivity contribution < 1.29 is 14.3 Å². The number of aromatic amines is 1. The van der Waals surface area contributed by atoms with E-state index in [1.807, 2.05) is 4.98 Å². The van der Waals surface area contributed by atoms with Gasteiger partial charge in [0.25, 0.3) is 5.56 Å². The van der Waals surface area contributed by atoms with E-state index in [0.29, 0.717) is 5.56 Å². The van der Waals surface area contributed by atoms with Crippen LogP contribution in [-0.4, -0.2) is 27.4 Å². The van der Waals surface area contributed by atoms with Gasteiger partial charge in [0.05, 0.1) is 0 Å². The van der Waals surface area contributed by atoms with E-state index in [-0.39, 0.29) is 5.78 Å². The summed E-state index contributed by atoms with van der Waals surface area (Å²) in [5.74, 6) is -1.10. The number of hydrogen-bond donors (Lipinski definition) is 1. The van der Waals surface area contributed by atoms with E-state index < -0.39 is 29.9 Å². The van der Waals surface area contributed by atoms with Crippen molar-refractivity contribution in [2.24, 2.45) is 0 Å². The average Bonchev–Trinajstić information content (AvgIpc) is 2.50. The van der Waals surface area contributed by atoms with E-state index in [0.717, 1.165) is 15.1 Å². The van der Waals surface area contributed by atoms with Gasteiger partial charge in [-0.15, -0.1) is 0 Å². The van der Waals surface area contributed by atoms with E-state index in [9.17, 15) is 19.2 Å². The summed E-state index contributed by atoms with van der Waals surface area (Å²) >= 11 is 3.27. The van der Waals surface area contributed by atoms with Gasteiger partial charge >= 0.3 is 11.7 Å². The predicted molar refractivity (Wildman–Crippen MR) is 85.3 cm³/mol. The van der Waals surface area contributed by atoms with E-state index in [1.165, 1.54) is 13.1 Å². The Hall–Kier alpha value is -2.48. The predicted octanol–water partition coefficient (Wildman–Crippen LogP) is 1.11. The molecule has 0 saturated carbocycles. The fourth-order valence-corrected chi connectivity index (χ4v) is 2.11. The lowest BCUT2D eigenvalue weighted by Crippen LogP contribution is -2.33. The molecule has 120 valence electrons. The number of benzene rings is 1. The molecule has 0 fully saturated rings. The molecule has 0 amide bonds. The highest BCUT2D eigenvalue weighted by Crippen LogP contribution is 2.13. The van der Waals surface area contributed by atoms with E-state index in [2.05, 4.69) is 15.9 Å². The molecule has 0 aliphatic heterocycles. The third kappa shape index (κ3) is 4.49. The molecule has 23 heavy (non-hydrogen) atoms. The Labute approximate surface area is 139 Å². The van der Waals surface area contributed by atoms with Crippen LogP contribution in [-0.2, 0) is 16.1 Å². The summed E-state index contributed by atoms with van der Waals surface area (Å²) in [5.41, 5.74) is -0.866. The summed E-state index contributed by atoms with van der Waals surface area (Å²) in [4.78, 5) is 48.4. The minimum atomic E-state index is -0.984. The monoisotopic (exact) mass is 380 g/mol. The van der Waals surface area contributed by atoms with Crippen LogP contribution in [0.3, 0.4) is 0 Å². The first-order valence-electron chi connectivity index (χ1n) is 6.66. The average molecular weight is 381 g/mol. The Kier molecular flexibility index (Phi) is 5.28. The molecule has 2 rings (SSSR count). The molecule has 0 bridgehead atoms. The lowest BCUT2D eigenvalue weighted by atomic mass is 10.1. The normalized spacial score (nSPS) is 11.7. The second kappa shape index (κ2) is 7.19. The lowest BCUT2D eigenvalue weighted by molar-refractivity contribution is -0.147. The first-order valence-corrected chi connectivity index (χ1v) is 7.45. The van der Waals surface area contributed by atoms with Crippen LogP contribution in [0.2, 0.25) is 0 Å². The summed E-state index contributed by atoms with van der Waals surface area (Å²) in [6, 6.07) is 7.76. The molecule has 1 aromatic heterocycles. The quantitative estimate of drug-likeness (QED) is 0.618. The zero-order valence-electron chi connectivity index (χ0n) is 12.1. The lowest BCUT2D eigenvalue weighted by Gasteiger charge is -2.13. The topological polar surface area (TPSA) is 98.2 Å². The molecular weight excluding hydrogens is 368 g/mol. The summed E-state index contributed by atoms with van der Waals surface area (Å²) in [5, 5.41) is 0. The Morgan fingerprint density at radius 3 is 2.48 bits per heavy atom. The highest BCUT2D eigenvalue weighted by atomic mass is 79.9. The first-order chi connectivity index (χ1) is 10.9. The van der Waals surface area contributed by atoms with Gasteiger partial charge in [-0.05, 0) is 19.1 Å². The fourth-order valence-electron chi connectivity index (χ4n) is 1.84. The minimum absolute atomic E-state index is 0.348. The molecule has 1 heterocycles. The van der Waals surface area contributed by atoms with Crippen molar-refractivity contribution in [3.8, 4) is 0 Å². The summed E-state index contributed by atoms with van der Waals surface area (Å²) in [6.07, 6.45) is 0.200.